The Balaban J connectivity index is 1.99. The van der Waals surface area contributed by atoms with Crippen LogP contribution in [0.5, 0.6) is 5.75 Å². The van der Waals surface area contributed by atoms with E-state index in [0.29, 0.717) is 5.55 Å². The lowest BCUT2D eigenvalue weighted by atomic mass is 9.88. The highest BCUT2D eigenvalue weighted by molar-refractivity contribution is 5.84. The minimum atomic E-state index is -0.140. The molecule has 4 heteroatoms. The first kappa shape index (κ1) is 13.7. The van der Waals surface area contributed by atoms with E-state index < -0.39 is 0 Å². The molecule has 1 N–H and O–H groups in total. The zero-order valence-corrected chi connectivity index (χ0v) is 13.1. The molecular formula is C18H21NO3. The van der Waals surface area contributed by atoms with Crippen molar-refractivity contribution in [2.75, 3.05) is 0 Å². The van der Waals surface area contributed by atoms with Gasteiger partial charge in [-0.1, -0.05) is 0 Å². The van der Waals surface area contributed by atoms with E-state index >= 15 is 0 Å². The topological polar surface area (TPSA) is 55.0 Å². The van der Waals surface area contributed by atoms with Gasteiger partial charge in [0.25, 0.3) is 5.55 Å². The van der Waals surface area contributed by atoms with Crippen LogP contribution in [0.4, 0.5) is 0 Å². The minimum absolute atomic E-state index is 0.140. The van der Waals surface area contributed by atoms with Crippen molar-refractivity contribution in [2.24, 2.45) is 5.16 Å². The smallest absolute Gasteiger partial charge is 0.259 e. The molecule has 22 heavy (non-hydrogen) atoms. The summed E-state index contributed by atoms with van der Waals surface area (Å²) in [5.74, 6) is 0.896. The van der Waals surface area contributed by atoms with E-state index in [0.717, 1.165) is 54.4 Å². The molecule has 1 aliphatic heterocycles. The standard InChI is InChI=1S/C18H21NO3/c1-18(2)8-7-11-9-14-12-5-3-4-6-13(12)17(19-20)21-16(14)10-15(11)22-18/h9-10,20H,3-8H2,1-2H3. The lowest BCUT2D eigenvalue weighted by molar-refractivity contribution is 0.0848. The summed E-state index contributed by atoms with van der Waals surface area (Å²) in [5.41, 5.74) is 4.58. The van der Waals surface area contributed by atoms with E-state index in [9.17, 15) is 5.21 Å². The molecule has 2 aliphatic rings. The third kappa shape index (κ3) is 2.09. The molecule has 4 rings (SSSR count). The Kier molecular flexibility index (Phi) is 2.96. The van der Waals surface area contributed by atoms with Crippen LogP contribution in [0.1, 0.15) is 49.8 Å². The average Bonchev–Trinajstić information content (AvgIpc) is 2.51. The highest BCUT2D eigenvalue weighted by Crippen LogP contribution is 2.37. The Labute approximate surface area is 129 Å². The summed E-state index contributed by atoms with van der Waals surface area (Å²) in [6.45, 7) is 4.22. The maximum absolute atomic E-state index is 9.27. The summed E-state index contributed by atoms with van der Waals surface area (Å²) < 4.78 is 11.9. The van der Waals surface area contributed by atoms with Crippen LogP contribution in [0, 0.1) is 0 Å². The molecule has 0 saturated heterocycles. The first-order valence-corrected chi connectivity index (χ1v) is 8.06. The predicted octanol–water partition coefficient (Wildman–Crippen LogP) is 3.71. The van der Waals surface area contributed by atoms with Crippen LogP contribution in [0.25, 0.3) is 11.0 Å². The van der Waals surface area contributed by atoms with Gasteiger partial charge in [0.1, 0.15) is 16.9 Å². The van der Waals surface area contributed by atoms with Crippen LogP contribution in [0.2, 0.25) is 0 Å². The molecule has 2 heterocycles. The van der Waals surface area contributed by atoms with Gasteiger partial charge in [-0.2, -0.15) is 0 Å². The summed E-state index contributed by atoms with van der Waals surface area (Å²) in [7, 11) is 0. The van der Waals surface area contributed by atoms with E-state index in [1.165, 1.54) is 17.5 Å². The molecule has 0 saturated carbocycles. The van der Waals surface area contributed by atoms with Gasteiger partial charge in [0.2, 0.25) is 0 Å². The lowest BCUT2D eigenvalue weighted by Gasteiger charge is -2.32. The Morgan fingerprint density at radius 1 is 1.09 bits per heavy atom. The highest BCUT2D eigenvalue weighted by Gasteiger charge is 2.28. The zero-order chi connectivity index (χ0) is 15.3. The molecule has 0 spiro atoms. The normalized spacial score (nSPS) is 20.4. The number of fused-ring (bicyclic) bond motifs is 4. The second kappa shape index (κ2) is 4.77. The Bertz CT molecular complexity index is 817. The quantitative estimate of drug-likeness (QED) is 0.596. The summed E-state index contributed by atoms with van der Waals surface area (Å²) >= 11 is 0. The second-order valence-corrected chi connectivity index (χ2v) is 6.99. The number of hydrogen-bond donors (Lipinski definition) is 1. The molecule has 2 aromatic rings. The highest BCUT2D eigenvalue weighted by atomic mass is 16.5. The molecule has 0 amide bonds. The molecular weight excluding hydrogens is 278 g/mol. The van der Waals surface area contributed by atoms with Crippen molar-refractivity contribution < 1.29 is 14.4 Å². The van der Waals surface area contributed by atoms with Crippen molar-refractivity contribution in [2.45, 2.75) is 58.0 Å². The fourth-order valence-electron chi connectivity index (χ4n) is 3.69. The second-order valence-electron chi connectivity index (χ2n) is 6.99. The predicted molar refractivity (Wildman–Crippen MR) is 83.2 cm³/mol. The Hall–Kier alpha value is -1.97. The van der Waals surface area contributed by atoms with E-state index in [1.54, 1.807) is 0 Å². The maximum atomic E-state index is 9.27. The number of nitrogens with zero attached hydrogens (tertiary/aromatic N) is 1. The summed E-state index contributed by atoms with van der Waals surface area (Å²) in [5, 5.41) is 13.8. The van der Waals surface area contributed by atoms with Gasteiger partial charge in [0, 0.05) is 17.0 Å². The third-order valence-electron chi connectivity index (χ3n) is 4.89. The minimum Gasteiger partial charge on any atom is -0.487 e. The Morgan fingerprint density at radius 3 is 2.64 bits per heavy atom. The molecule has 1 aliphatic carbocycles. The molecule has 0 unspecified atom stereocenters. The Morgan fingerprint density at radius 2 is 1.86 bits per heavy atom. The van der Waals surface area contributed by atoms with Gasteiger partial charge in [-0.05, 0) is 74.7 Å². The number of ether oxygens (including phenoxy) is 1. The van der Waals surface area contributed by atoms with Crippen LogP contribution in [0.15, 0.2) is 21.7 Å². The van der Waals surface area contributed by atoms with Crippen molar-refractivity contribution >= 4 is 11.0 Å². The largest absolute Gasteiger partial charge is 0.487 e. The number of aryl methyl sites for hydroxylation is 2. The van der Waals surface area contributed by atoms with Gasteiger partial charge in [-0.25, -0.2) is 0 Å². The first-order valence-electron chi connectivity index (χ1n) is 8.06. The van der Waals surface area contributed by atoms with Gasteiger partial charge in [0.05, 0.1) is 0 Å². The van der Waals surface area contributed by atoms with Crippen molar-refractivity contribution in [3.8, 4) is 5.75 Å². The summed E-state index contributed by atoms with van der Waals surface area (Å²) in [6, 6.07) is 4.18. The zero-order valence-electron chi connectivity index (χ0n) is 13.1. The average molecular weight is 299 g/mol. The monoisotopic (exact) mass is 299 g/mol. The van der Waals surface area contributed by atoms with Gasteiger partial charge < -0.3 is 14.4 Å². The first-order chi connectivity index (χ1) is 10.6. The van der Waals surface area contributed by atoms with Crippen LogP contribution < -0.4 is 10.3 Å². The van der Waals surface area contributed by atoms with E-state index in [-0.39, 0.29) is 5.60 Å². The molecule has 0 atom stereocenters. The van der Waals surface area contributed by atoms with Crippen LogP contribution >= 0.6 is 0 Å². The number of hydrogen-bond acceptors (Lipinski definition) is 4. The van der Waals surface area contributed by atoms with Crippen molar-refractivity contribution in [1.29, 1.82) is 0 Å². The van der Waals surface area contributed by atoms with Crippen molar-refractivity contribution in [3.05, 3.63) is 34.4 Å². The van der Waals surface area contributed by atoms with E-state index in [4.69, 9.17) is 9.15 Å². The molecule has 0 bridgehead atoms. The van der Waals surface area contributed by atoms with E-state index in [1.807, 2.05) is 6.07 Å². The van der Waals surface area contributed by atoms with Crippen molar-refractivity contribution in [1.82, 2.24) is 0 Å². The van der Waals surface area contributed by atoms with Crippen molar-refractivity contribution in [3.63, 3.8) is 0 Å². The lowest BCUT2D eigenvalue weighted by Crippen LogP contribution is -2.32. The van der Waals surface area contributed by atoms with Gasteiger partial charge in [0.15, 0.2) is 0 Å². The SMILES string of the molecule is CC1(C)CCc2cc3c4c(c(=NO)oc3cc2O1)CCCC4. The number of benzene rings is 1. The molecule has 1 aromatic carbocycles. The van der Waals surface area contributed by atoms with Crippen LogP contribution in [0.3, 0.4) is 0 Å². The summed E-state index contributed by atoms with van der Waals surface area (Å²) in [4.78, 5) is 0. The molecule has 1 aromatic heterocycles. The van der Waals surface area contributed by atoms with Gasteiger partial charge >= 0.3 is 0 Å². The fraction of sp³-hybridized carbons (Fsp3) is 0.500. The van der Waals surface area contributed by atoms with Crippen LogP contribution in [-0.4, -0.2) is 10.8 Å². The van der Waals surface area contributed by atoms with Crippen LogP contribution in [-0.2, 0) is 19.3 Å². The third-order valence-corrected chi connectivity index (χ3v) is 4.89. The maximum Gasteiger partial charge on any atom is 0.259 e. The van der Waals surface area contributed by atoms with E-state index in [2.05, 4.69) is 25.1 Å². The summed E-state index contributed by atoms with van der Waals surface area (Å²) in [6.07, 6.45) is 6.30. The fourth-order valence-corrected chi connectivity index (χ4v) is 3.69. The molecule has 116 valence electrons. The molecule has 4 nitrogen and oxygen atoms in total. The molecule has 0 fully saturated rings. The molecule has 0 radical (unpaired) electrons. The van der Waals surface area contributed by atoms with Gasteiger partial charge in [-0.3, -0.25) is 0 Å². The number of rotatable bonds is 0. The van der Waals surface area contributed by atoms with Gasteiger partial charge in [-0.15, -0.1) is 0 Å².